The van der Waals surface area contributed by atoms with Gasteiger partial charge in [-0.15, -0.1) is 0 Å². The maximum absolute atomic E-state index is 12.8. The van der Waals surface area contributed by atoms with Crippen LogP contribution in [0.15, 0.2) is 36.5 Å². The Hall–Kier alpha value is -2.89. The third-order valence-corrected chi connectivity index (χ3v) is 5.49. The summed E-state index contributed by atoms with van der Waals surface area (Å²) >= 11 is 0. The highest BCUT2D eigenvalue weighted by atomic mass is 16.2. The summed E-state index contributed by atoms with van der Waals surface area (Å²) in [6.45, 7) is 1.98. The van der Waals surface area contributed by atoms with Gasteiger partial charge in [-0.05, 0) is 50.1 Å². The third-order valence-electron chi connectivity index (χ3n) is 5.49. The Balaban J connectivity index is 1.50. The number of H-pyrrole nitrogens is 1. The van der Waals surface area contributed by atoms with Crippen LogP contribution in [-0.2, 0) is 0 Å². The van der Waals surface area contributed by atoms with Crippen LogP contribution in [0.3, 0.4) is 0 Å². The van der Waals surface area contributed by atoms with Crippen molar-refractivity contribution in [3.05, 3.63) is 47.8 Å². The highest BCUT2D eigenvalue weighted by Crippen LogP contribution is 2.26. The Morgan fingerprint density at radius 2 is 1.89 bits per heavy atom. The van der Waals surface area contributed by atoms with Crippen LogP contribution in [0, 0.1) is 6.92 Å². The van der Waals surface area contributed by atoms with Gasteiger partial charge in [-0.25, -0.2) is 4.98 Å². The number of carbonyl (C=O) groups excluding carboxylic acids is 1. The van der Waals surface area contributed by atoms with E-state index in [0.29, 0.717) is 6.04 Å². The van der Waals surface area contributed by atoms with Crippen molar-refractivity contribution in [2.75, 3.05) is 12.4 Å². The molecule has 2 aromatic heterocycles. The number of benzene rings is 1. The predicted octanol–water partition coefficient (Wildman–Crippen LogP) is 4.41. The Morgan fingerprint density at radius 3 is 2.63 bits per heavy atom. The van der Waals surface area contributed by atoms with Gasteiger partial charge in [-0.3, -0.25) is 9.89 Å². The number of hydrogen-bond donors (Lipinski definition) is 2. The molecule has 1 aromatic carbocycles. The minimum absolute atomic E-state index is 0.0966. The summed E-state index contributed by atoms with van der Waals surface area (Å²) in [5, 5.41) is 11.6. The number of aryl methyl sites for hydroxylation is 1. The standard InChI is InChI=1S/C21H25N5O/c1-14-19-18(25-24-14)12-13-22-20(19)23-16-10-8-15(9-11-16)21(27)26(2)17-6-4-3-5-7-17/h8-13,17H,3-7H2,1-2H3,(H,22,23)(H,24,25). The normalized spacial score (nSPS) is 15.0. The van der Waals surface area contributed by atoms with Gasteiger partial charge >= 0.3 is 0 Å². The lowest BCUT2D eigenvalue weighted by atomic mass is 9.94. The second kappa shape index (κ2) is 7.39. The molecule has 6 nitrogen and oxygen atoms in total. The van der Waals surface area contributed by atoms with Gasteiger partial charge in [0.2, 0.25) is 0 Å². The average molecular weight is 363 g/mol. The van der Waals surface area contributed by atoms with E-state index in [1.807, 2.05) is 49.2 Å². The number of rotatable bonds is 4. The maximum Gasteiger partial charge on any atom is 0.253 e. The molecule has 0 aliphatic heterocycles. The number of anilines is 2. The average Bonchev–Trinajstić information content (AvgIpc) is 3.10. The minimum Gasteiger partial charge on any atom is -0.340 e. The van der Waals surface area contributed by atoms with E-state index in [1.165, 1.54) is 19.3 Å². The van der Waals surface area contributed by atoms with Gasteiger partial charge in [0.15, 0.2) is 0 Å². The maximum atomic E-state index is 12.8. The molecular weight excluding hydrogens is 338 g/mol. The molecule has 4 rings (SSSR count). The monoisotopic (exact) mass is 363 g/mol. The summed E-state index contributed by atoms with van der Waals surface area (Å²) < 4.78 is 0. The van der Waals surface area contributed by atoms with Crippen LogP contribution < -0.4 is 5.32 Å². The molecule has 0 spiro atoms. The van der Waals surface area contributed by atoms with Gasteiger partial charge in [0.05, 0.1) is 10.9 Å². The molecule has 0 saturated heterocycles. The first-order valence-corrected chi connectivity index (χ1v) is 9.57. The van der Waals surface area contributed by atoms with Crippen LogP contribution in [0.1, 0.15) is 48.2 Å². The molecule has 0 unspecified atom stereocenters. The van der Waals surface area contributed by atoms with Crippen LogP contribution in [-0.4, -0.2) is 39.1 Å². The molecule has 6 heteroatoms. The largest absolute Gasteiger partial charge is 0.340 e. The van der Waals surface area contributed by atoms with E-state index in [9.17, 15) is 4.79 Å². The molecule has 1 fully saturated rings. The summed E-state index contributed by atoms with van der Waals surface area (Å²) in [5.74, 6) is 0.858. The third kappa shape index (κ3) is 3.52. The number of hydrogen-bond acceptors (Lipinski definition) is 4. The van der Waals surface area contributed by atoms with Crippen molar-refractivity contribution in [3.63, 3.8) is 0 Å². The Bertz CT molecular complexity index is 941. The van der Waals surface area contributed by atoms with E-state index < -0.39 is 0 Å². The fourth-order valence-electron chi connectivity index (χ4n) is 3.88. The van der Waals surface area contributed by atoms with Crippen LogP contribution in [0.4, 0.5) is 11.5 Å². The molecular formula is C21H25N5O. The minimum atomic E-state index is 0.0966. The van der Waals surface area contributed by atoms with Crippen LogP contribution in [0.5, 0.6) is 0 Å². The van der Waals surface area contributed by atoms with Crippen molar-refractivity contribution in [2.45, 2.75) is 45.1 Å². The molecule has 0 atom stereocenters. The second-order valence-corrected chi connectivity index (χ2v) is 7.31. The zero-order chi connectivity index (χ0) is 18.8. The number of nitrogens with zero attached hydrogens (tertiary/aromatic N) is 3. The number of fused-ring (bicyclic) bond motifs is 1. The summed E-state index contributed by atoms with van der Waals surface area (Å²) in [6.07, 6.45) is 7.69. The topological polar surface area (TPSA) is 73.9 Å². The first-order valence-electron chi connectivity index (χ1n) is 9.57. The number of amides is 1. The zero-order valence-corrected chi connectivity index (χ0v) is 15.8. The fourth-order valence-corrected chi connectivity index (χ4v) is 3.88. The molecule has 2 N–H and O–H groups in total. The van der Waals surface area contributed by atoms with Gasteiger partial charge < -0.3 is 10.2 Å². The van der Waals surface area contributed by atoms with Crippen molar-refractivity contribution in [3.8, 4) is 0 Å². The van der Waals surface area contributed by atoms with Crippen molar-refractivity contribution < 1.29 is 4.79 Å². The molecule has 1 aliphatic carbocycles. The lowest BCUT2D eigenvalue weighted by molar-refractivity contribution is 0.0696. The van der Waals surface area contributed by atoms with Gasteiger partial charge in [0.1, 0.15) is 5.82 Å². The molecule has 1 amide bonds. The van der Waals surface area contributed by atoms with Gasteiger partial charge in [-0.2, -0.15) is 5.10 Å². The highest BCUT2D eigenvalue weighted by Gasteiger charge is 2.22. The molecule has 140 valence electrons. The molecule has 1 aliphatic rings. The number of nitrogens with one attached hydrogen (secondary N) is 2. The fraction of sp³-hybridized carbons (Fsp3) is 0.381. The molecule has 0 bridgehead atoms. The van der Waals surface area contributed by atoms with Crippen LogP contribution >= 0.6 is 0 Å². The first-order chi connectivity index (χ1) is 13.1. The quantitative estimate of drug-likeness (QED) is 0.720. The Kier molecular flexibility index (Phi) is 4.79. The van der Waals surface area contributed by atoms with Crippen molar-refractivity contribution in [1.82, 2.24) is 20.1 Å². The predicted molar refractivity (Wildman–Crippen MR) is 107 cm³/mol. The number of pyridine rings is 1. The SMILES string of the molecule is Cc1[nH]nc2ccnc(Nc3ccc(C(=O)N(C)C4CCCCC4)cc3)c12. The van der Waals surface area contributed by atoms with E-state index in [4.69, 9.17) is 0 Å². The van der Waals surface area contributed by atoms with Crippen LogP contribution in [0.25, 0.3) is 10.9 Å². The number of aromatic nitrogens is 3. The van der Waals surface area contributed by atoms with Crippen molar-refractivity contribution in [1.29, 1.82) is 0 Å². The molecule has 3 aromatic rings. The summed E-state index contributed by atoms with van der Waals surface area (Å²) in [5.41, 5.74) is 3.47. The molecule has 27 heavy (non-hydrogen) atoms. The van der Waals surface area contributed by atoms with Gasteiger partial charge in [0.25, 0.3) is 5.91 Å². The second-order valence-electron chi connectivity index (χ2n) is 7.31. The number of carbonyl (C=O) groups is 1. The summed E-state index contributed by atoms with van der Waals surface area (Å²) in [7, 11) is 1.93. The zero-order valence-electron chi connectivity index (χ0n) is 15.8. The molecule has 2 heterocycles. The molecule has 1 saturated carbocycles. The van der Waals surface area contributed by atoms with E-state index in [0.717, 1.165) is 46.5 Å². The summed E-state index contributed by atoms with van der Waals surface area (Å²) in [6, 6.07) is 9.87. The summed E-state index contributed by atoms with van der Waals surface area (Å²) in [4.78, 5) is 19.1. The Labute approximate surface area is 159 Å². The van der Waals surface area contributed by atoms with Crippen LogP contribution in [0.2, 0.25) is 0 Å². The Morgan fingerprint density at radius 1 is 1.15 bits per heavy atom. The number of aromatic amines is 1. The van der Waals surface area contributed by atoms with E-state index >= 15 is 0 Å². The van der Waals surface area contributed by atoms with E-state index in [1.54, 1.807) is 6.20 Å². The van der Waals surface area contributed by atoms with E-state index in [-0.39, 0.29) is 5.91 Å². The van der Waals surface area contributed by atoms with Gasteiger partial charge in [0, 0.05) is 36.2 Å². The first kappa shape index (κ1) is 17.5. The van der Waals surface area contributed by atoms with Crippen molar-refractivity contribution in [2.24, 2.45) is 0 Å². The van der Waals surface area contributed by atoms with E-state index in [2.05, 4.69) is 20.5 Å². The lowest BCUT2D eigenvalue weighted by Crippen LogP contribution is -2.38. The smallest absolute Gasteiger partial charge is 0.253 e. The molecule has 0 radical (unpaired) electrons. The van der Waals surface area contributed by atoms with Crippen molar-refractivity contribution >= 4 is 28.3 Å². The van der Waals surface area contributed by atoms with Gasteiger partial charge in [-0.1, -0.05) is 19.3 Å². The lowest BCUT2D eigenvalue weighted by Gasteiger charge is -2.31. The highest BCUT2D eigenvalue weighted by molar-refractivity contribution is 5.95.